The maximum Gasteiger partial charge on any atom is 0.0654 e. The molecule has 1 rings (SSSR count). The predicted molar refractivity (Wildman–Crippen MR) is 47.6 cm³/mol. The highest BCUT2D eigenvalue weighted by Crippen LogP contribution is 2.41. The summed E-state index contributed by atoms with van der Waals surface area (Å²) in [7, 11) is 0. The zero-order chi connectivity index (χ0) is 8.48. The first kappa shape index (κ1) is 9.05. The van der Waals surface area contributed by atoms with Crippen LogP contribution in [0.4, 0.5) is 0 Å². The second kappa shape index (κ2) is 3.14. The van der Waals surface area contributed by atoms with Gasteiger partial charge in [0, 0.05) is 6.61 Å². The van der Waals surface area contributed by atoms with Crippen LogP contribution >= 0.6 is 0 Å². The van der Waals surface area contributed by atoms with E-state index < -0.39 is 0 Å². The van der Waals surface area contributed by atoms with E-state index >= 15 is 0 Å². The van der Waals surface area contributed by atoms with E-state index in [4.69, 9.17) is 4.74 Å². The Hall–Kier alpha value is -0.0400. The van der Waals surface area contributed by atoms with Crippen LogP contribution in [0.15, 0.2) is 0 Å². The molecule has 1 saturated carbocycles. The van der Waals surface area contributed by atoms with Crippen LogP contribution < -0.4 is 0 Å². The van der Waals surface area contributed by atoms with Crippen LogP contribution in [0.1, 0.15) is 40.5 Å². The Kier molecular flexibility index (Phi) is 2.58. The van der Waals surface area contributed by atoms with Gasteiger partial charge in [-0.25, -0.2) is 0 Å². The minimum atomic E-state index is 0.143. The van der Waals surface area contributed by atoms with Gasteiger partial charge in [0.25, 0.3) is 0 Å². The van der Waals surface area contributed by atoms with Crippen molar-refractivity contribution in [3.63, 3.8) is 0 Å². The lowest BCUT2D eigenvalue weighted by atomic mass is 10.0. The first-order valence-electron chi connectivity index (χ1n) is 4.66. The van der Waals surface area contributed by atoms with E-state index in [1.54, 1.807) is 0 Å². The maximum atomic E-state index is 5.81. The molecule has 1 aliphatic rings. The lowest BCUT2D eigenvalue weighted by Gasteiger charge is -2.26. The molecule has 0 amide bonds. The highest BCUT2D eigenvalue weighted by Gasteiger charge is 2.38. The van der Waals surface area contributed by atoms with Crippen LogP contribution in [-0.4, -0.2) is 12.2 Å². The summed E-state index contributed by atoms with van der Waals surface area (Å²) in [5.74, 6) is 1.49. The van der Waals surface area contributed by atoms with Crippen molar-refractivity contribution in [2.75, 3.05) is 6.61 Å². The van der Waals surface area contributed by atoms with Crippen molar-refractivity contribution < 1.29 is 4.74 Å². The van der Waals surface area contributed by atoms with Crippen molar-refractivity contribution in [3.8, 4) is 0 Å². The minimum Gasteiger partial charge on any atom is -0.375 e. The minimum absolute atomic E-state index is 0.143. The molecule has 1 nitrogen and oxygen atoms in total. The van der Waals surface area contributed by atoms with Gasteiger partial charge >= 0.3 is 0 Å². The van der Waals surface area contributed by atoms with Crippen molar-refractivity contribution >= 4 is 0 Å². The summed E-state index contributed by atoms with van der Waals surface area (Å²) in [5.41, 5.74) is 0.143. The molecule has 0 aromatic heterocycles. The second-order valence-electron chi connectivity index (χ2n) is 4.58. The van der Waals surface area contributed by atoms with Gasteiger partial charge in [0.15, 0.2) is 0 Å². The first-order valence-corrected chi connectivity index (χ1v) is 4.66. The molecule has 0 aliphatic heterocycles. The summed E-state index contributed by atoms with van der Waals surface area (Å²) >= 11 is 0. The molecule has 0 unspecified atom stereocenters. The van der Waals surface area contributed by atoms with Crippen molar-refractivity contribution in [2.24, 2.45) is 11.8 Å². The molecule has 0 radical (unpaired) electrons. The van der Waals surface area contributed by atoms with E-state index in [1.807, 2.05) is 0 Å². The third kappa shape index (κ3) is 2.82. The van der Waals surface area contributed by atoms with E-state index in [0.29, 0.717) is 5.92 Å². The zero-order valence-electron chi connectivity index (χ0n) is 8.18. The molecule has 0 spiro atoms. The van der Waals surface area contributed by atoms with Gasteiger partial charge in [0.05, 0.1) is 5.60 Å². The van der Waals surface area contributed by atoms with Crippen LogP contribution in [0.25, 0.3) is 0 Å². The Balaban J connectivity index is 2.22. The molecule has 0 bridgehead atoms. The fourth-order valence-electron chi connectivity index (χ4n) is 1.28. The summed E-state index contributed by atoms with van der Waals surface area (Å²) < 4.78 is 5.81. The summed E-state index contributed by atoms with van der Waals surface area (Å²) in [6.45, 7) is 9.73. The molecule has 1 fully saturated rings. The van der Waals surface area contributed by atoms with Crippen LogP contribution in [0.5, 0.6) is 0 Å². The Morgan fingerprint density at radius 3 is 2.27 bits per heavy atom. The molecule has 0 saturated heterocycles. The van der Waals surface area contributed by atoms with Crippen molar-refractivity contribution in [1.82, 2.24) is 0 Å². The molecule has 11 heavy (non-hydrogen) atoms. The Morgan fingerprint density at radius 1 is 1.36 bits per heavy atom. The Labute approximate surface area is 70.1 Å². The van der Waals surface area contributed by atoms with Gasteiger partial charge in [-0.2, -0.15) is 0 Å². The smallest absolute Gasteiger partial charge is 0.0654 e. The third-order valence-corrected chi connectivity index (χ3v) is 2.35. The second-order valence-corrected chi connectivity index (χ2v) is 4.58. The van der Waals surface area contributed by atoms with Gasteiger partial charge in [-0.3, -0.25) is 0 Å². The lowest BCUT2D eigenvalue weighted by molar-refractivity contribution is -0.0458. The molecular weight excluding hydrogens is 136 g/mol. The molecule has 66 valence electrons. The fraction of sp³-hybridized carbons (Fsp3) is 1.00. The number of hydrogen-bond donors (Lipinski definition) is 0. The number of rotatable bonds is 4. The first-order chi connectivity index (χ1) is 5.02. The molecule has 0 N–H and O–H groups in total. The van der Waals surface area contributed by atoms with Gasteiger partial charge in [-0.15, -0.1) is 0 Å². The number of ether oxygens (including phenoxy) is 1. The quantitative estimate of drug-likeness (QED) is 0.608. The van der Waals surface area contributed by atoms with Gasteiger partial charge in [0.1, 0.15) is 0 Å². The summed E-state index contributed by atoms with van der Waals surface area (Å²) in [5, 5.41) is 0. The van der Waals surface area contributed by atoms with Gasteiger partial charge in [-0.1, -0.05) is 13.8 Å². The van der Waals surface area contributed by atoms with E-state index in [2.05, 4.69) is 27.7 Å². The highest BCUT2D eigenvalue weighted by molar-refractivity contribution is 4.89. The van der Waals surface area contributed by atoms with Crippen molar-refractivity contribution in [3.05, 3.63) is 0 Å². The zero-order valence-corrected chi connectivity index (χ0v) is 8.18. The van der Waals surface area contributed by atoms with Crippen LogP contribution in [-0.2, 0) is 4.74 Å². The topological polar surface area (TPSA) is 9.23 Å². The normalized spacial score (nSPS) is 19.4. The molecule has 1 aliphatic carbocycles. The largest absolute Gasteiger partial charge is 0.375 e. The van der Waals surface area contributed by atoms with Gasteiger partial charge in [-0.05, 0) is 38.5 Å². The molecule has 0 atom stereocenters. The summed E-state index contributed by atoms with van der Waals surface area (Å²) in [4.78, 5) is 0. The van der Waals surface area contributed by atoms with E-state index in [-0.39, 0.29) is 5.60 Å². The average molecular weight is 156 g/mol. The predicted octanol–water partition coefficient (Wildman–Crippen LogP) is 2.85. The SMILES string of the molecule is CC(C)COC(C)(C)C1CC1. The molecular formula is C10H20O. The fourth-order valence-corrected chi connectivity index (χ4v) is 1.28. The third-order valence-electron chi connectivity index (χ3n) is 2.35. The summed E-state index contributed by atoms with van der Waals surface area (Å²) in [6, 6.07) is 0. The lowest BCUT2D eigenvalue weighted by Crippen LogP contribution is -2.28. The molecule has 0 aromatic rings. The standard InChI is InChI=1S/C10H20O/c1-8(2)7-11-10(3,4)9-5-6-9/h8-9H,5-7H2,1-4H3. The summed E-state index contributed by atoms with van der Waals surface area (Å²) in [6.07, 6.45) is 2.73. The monoisotopic (exact) mass is 156 g/mol. The molecule has 0 aromatic carbocycles. The van der Waals surface area contributed by atoms with Crippen LogP contribution in [0.2, 0.25) is 0 Å². The maximum absolute atomic E-state index is 5.81. The van der Waals surface area contributed by atoms with Crippen LogP contribution in [0.3, 0.4) is 0 Å². The van der Waals surface area contributed by atoms with Gasteiger partial charge in [0.2, 0.25) is 0 Å². The van der Waals surface area contributed by atoms with E-state index in [0.717, 1.165) is 12.5 Å². The molecule has 1 heteroatoms. The van der Waals surface area contributed by atoms with E-state index in [9.17, 15) is 0 Å². The van der Waals surface area contributed by atoms with Gasteiger partial charge < -0.3 is 4.74 Å². The molecule has 0 heterocycles. The number of hydrogen-bond acceptors (Lipinski definition) is 1. The van der Waals surface area contributed by atoms with E-state index in [1.165, 1.54) is 12.8 Å². The van der Waals surface area contributed by atoms with Crippen molar-refractivity contribution in [1.29, 1.82) is 0 Å². The Bertz CT molecular complexity index is 123. The Morgan fingerprint density at radius 2 is 1.91 bits per heavy atom. The van der Waals surface area contributed by atoms with Crippen LogP contribution in [0, 0.1) is 11.8 Å². The highest BCUT2D eigenvalue weighted by atomic mass is 16.5. The van der Waals surface area contributed by atoms with Crippen molar-refractivity contribution in [2.45, 2.75) is 46.1 Å². The average Bonchev–Trinajstić information content (AvgIpc) is 2.64.